The molecule has 1 amide bonds. The summed E-state index contributed by atoms with van der Waals surface area (Å²) in [6.45, 7) is 0.351. The first-order valence-electron chi connectivity index (χ1n) is 6.52. The number of ether oxygens (including phenoxy) is 1. The maximum absolute atomic E-state index is 12.4. The van der Waals surface area contributed by atoms with E-state index in [0.717, 1.165) is 19.3 Å². The number of methoxy groups -OCH3 is 1. The Morgan fingerprint density at radius 1 is 1.53 bits per heavy atom. The van der Waals surface area contributed by atoms with E-state index in [4.69, 9.17) is 15.6 Å². The second kappa shape index (κ2) is 5.93. The van der Waals surface area contributed by atoms with Crippen LogP contribution in [0, 0.1) is 0 Å². The third kappa shape index (κ3) is 2.81. The van der Waals surface area contributed by atoms with Crippen molar-refractivity contribution in [3.63, 3.8) is 0 Å². The summed E-state index contributed by atoms with van der Waals surface area (Å²) < 4.78 is 5.08. The van der Waals surface area contributed by atoms with Crippen LogP contribution in [0.2, 0.25) is 0 Å². The van der Waals surface area contributed by atoms with Crippen LogP contribution >= 0.6 is 0 Å². The van der Waals surface area contributed by atoms with Gasteiger partial charge in [0.25, 0.3) is 5.91 Å². The highest BCUT2D eigenvalue weighted by atomic mass is 16.5. The number of nitrogens with two attached hydrogens (primary N) is 1. The van der Waals surface area contributed by atoms with E-state index in [9.17, 15) is 4.79 Å². The van der Waals surface area contributed by atoms with Crippen LogP contribution in [0.25, 0.3) is 0 Å². The minimum atomic E-state index is -0.0758. The predicted octanol–water partition coefficient (Wildman–Crippen LogP) is 1.26. The van der Waals surface area contributed by atoms with Crippen molar-refractivity contribution in [1.82, 2.24) is 4.90 Å². The molecule has 104 valence electrons. The van der Waals surface area contributed by atoms with Crippen molar-refractivity contribution >= 4 is 11.6 Å². The lowest BCUT2D eigenvalue weighted by molar-refractivity contribution is 0.0526. The number of carbonyl (C=O) groups excluding carboxylic acids is 1. The number of aliphatic hydroxyl groups excluding tert-OH is 1. The van der Waals surface area contributed by atoms with Crippen molar-refractivity contribution in [2.45, 2.75) is 25.3 Å². The van der Waals surface area contributed by atoms with Gasteiger partial charge in [0, 0.05) is 18.2 Å². The number of anilines is 1. The summed E-state index contributed by atoms with van der Waals surface area (Å²) in [6, 6.07) is 5.29. The summed E-state index contributed by atoms with van der Waals surface area (Å²) in [5.74, 6) is 0.488. The lowest BCUT2D eigenvalue weighted by atomic mass is 9.91. The number of aliphatic hydroxyl groups is 1. The molecule has 1 aromatic carbocycles. The van der Waals surface area contributed by atoms with Crippen LogP contribution in [-0.2, 0) is 0 Å². The molecule has 0 spiro atoms. The fourth-order valence-corrected chi connectivity index (χ4v) is 2.29. The monoisotopic (exact) mass is 264 g/mol. The number of nitrogen functional groups attached to an aromatic ring is 1. The number of nitrogens with zero attached hydrogens (tertiary/aromatic N) is 1. The molecule has 1 saturated carbocycles. The largest absolute Gasteiger partial charge is 0.495 e. The van der Waals surface area contributed by atoms with Crippen molar-refractivity contribution in [2.24, 2.45) is 0 Å². The van der Waals surface area contributed by atoms with E-state index in [1.807, 2.05) is 0 Å². The molecule has 0 aromatic heterocycles. The number of hydrogen-bond acceptors (Lipinski definition) is 4. The molecule has 0 radical (unpaired) electrons. The molecule has 19 heavy (non-hydrogen) atoms. The summed E-state index contributed by atoms with van der Waals surface area (Å²) in [4.78, 5) is 14.2. The Hall–Kier alpha value is -1.75. The van der Waals surface area contributed by atoms with Crippen LogP contribution in [-0.4, -0.2) is 42.2 Å². The zero-order chi connectivity index (χ0) is 13.8. The summed E-state index contributed by atoms with van der Waals surface area (Å²) in [6.07, 6.45) is 3.17. The quantitative estimate of drug-likeness (QED) is 0.785. The zero-order valence-electron chi connectivity index (χ0n) is 11.1. The standard InChI is InChI=1S/C14H20N2O3/c1-19-13-6-5-10(9-12(13)15)14(18)16(7-8-17)11-3-2-4-11/h5-6,9,11,17H,2-4,7-8,15H2,1H3. The number of hydrogen-bond donors (Lipinski definition) is 2. The van der Waals surface area contributed by atoms with E-state index < -0.39 is 0 Å². The number of amides is 1. The van der Waals surface area contributed by atoms with Crippen LogP contribution < -0.4 is 10.5 Å². The van der Waals surface area contributed by atoms with Gasteiger partial charge in [-0.25, -0.2) is 0 Å². The summed E-state index contributed by atoms with van der Waals surface area (Å²) >= 11 is 0. The van der Waals surface area contributed by atoms with Crippen LogP contribution in [0.4, 0.5) is 5.69 Å². The van der Waals surface area contributed by atoms with Crippen molar-refractivity contribution in [3.05, 3.63) is 23.8 Å². The zero-order valence-corrected chi connectivity index (χ0v) is 11.1. The summed E-state index contributed by atoms with van der Waals surface area (Å²) in [5, 5.41) is 9.10. The van der Waals surface area contributed by atoms with Gasteiger partial charge < -0.3 is 20.5 Å². The minimum Gasteiger partial charge on any atom is -0.495 e. The highest BCUT2D eigenvalue weighted by Crippen LogP contribution is 2.28. The fraction of sp³-hybridized carbons (Fsp3) is 0.500. The van der Waals surface area contributed by atoms with E-state index >= 15 is 0 Å². The molecule has 5 heteroatoms. The molecule has 1 aromatic rings. The average Bonchev–Trinajstić information content (AvgIpc) is 2.35. The summed E-state index contributed by atoms with van der Waals surface area (Å²) in [7, 11) is 1.54. The molecule has 5 nitrogen and oxygen atoms in total. The second-order valence-electron chi connectivity index (χ2n) is 4.76. The minimum absolute atomic E-state index is 0.0200. The summed E-state index contributed by atoms with van der Waals surface area (Å²) in [5.41, 5.74) is 6.81. The van der Waals surface area contributed by atoms with Crippen molar-refractivity contribution in [3.8, 4) is 5.75 Å². The lowest BCUT2D eigenvalue weighted by Crippen LogP contribution is -2.45. The molecule has 0 unspecified atom stereocenters. The van der Waals surface area contributed by atoms with Gasteiger partial charge in [-0.15, -0.1) is 0 Å². The first-order valence-corrected chi connectivity index (χ1v) is 6.52. The third-order valence-corrected chi connectivity index (χ3v) is 3.59. The Balaban J connectivity index is 2.18. The maximum atomic E-state index is 12.4. The molecule has 0 heterocycles. The van der Waals surface area contributed by atoms with Gasteiger partial charge >= 0.3 is 0 Å². The highest BCUT2D eigenvalue weighted by Gasteiger charge is 2.29. The van der Waals surface area contributed by atoms with Crippen LogP contribution in [0.5, 0.6) is 5.75 Å². The normalized spacial score (nSPS) is 14.8. The van der Waals surface area contributed by atoms with Crippen LogP contribution in [0.15, 0.2) is 18.2 Å². The number of benzene rings is 1. The molecule has 2 rings (SSSR count). The molecule has 0 bridgehead atoms. The van der Waals surface area contributed by atoms with Crippen molar-refractivity contribution in [2.75, 3.05) is 26.0 Å². The Bertz CT molecular complexity index is 458. The molecule has 3 N–H and O–H groups in total. The van der Waals surface area contributed by atoms with Gasteiger partial charge in [-0.1, -0.05) is 0 Å². The molecule has 1 fully saturated rings. The lowest BCUT2D eigenvalue weighted by Gasteiger charge is -2.37. The van der Waals surface area contributed by atoms with Crippen molar-refractivity contribution < 1.29 is 14.6 Å². The molecular weight excluding hydrogens is 244 g/mol. The van der Waals surface area contributed by atoms with Gasteiger partial charge in [0.15, 0.2) is 0 Å². The SMILES string of the molecule is COc1ccc(C(=O)N(CCO)C2CCC2)cc1N. The van der Waals surface area contributed by atoms with Gasteiger partial charge in [-0.3, -0.25) is 4.79 Å². The number of rotatable bonds is 5. The molecule has 0 saturated heterocycles. The molecule has 1 aliphatic carbocycles. The van der Waals surface area contributed by atoms with Crippen LogP contribution in [0.3, 0.4) is 0 Å². The van der Waals surface area contributed by atoms with Gasteiger partial charge in [0.2, 0.25) is 0 Å². The van der Waals surface area contributed by atoms with Crippen molar-refractivity contribution in [1.29, 1.82) is 0 Å². The Morgan fingerprint density at radius 3 is 2.74 bits per heavy atom. The van der Waals surface area contributed by atoms with E-state index in [0.29, 0.717) is 23.5 Å². The maximum Gasteiger partial charge on any atom is 0.254 e. The predicted molar refractivity (Wildman–Crippen MR) is 73.2 cm³/mol. The Morgan fingerprint density at radius 2 is 2.26 bits per heavy atom. The first-order chi connectivity index (χ1) is 9.17. The first kappa shape index (κ1) is 13.7. The van der Waals surface area contributed by atoms with Gasteiger partial charge in [0.1, 0.15) is 5.75 Å². The topological polar surface area (TPSA) is 75.8 Å². The Kier molecular flexibility index (Phi) is 4.27. The fourth-order valence-electron chi connectivity index (χ4n) is 2.29. The Labute approximate surface area is 113 Å². The van der Waals surface area contributed by atoms with E-state index in [1.54, 1.807) is 30.2 Å². The number of carbonyl (C=O) groups is 1. The second-order valence-corrected chi connectivity index (χ2v) is 4.76. The van der Waals surface area contributed by atoms with Gasteiger partial charge in [-0.2, -0.15) is 0 Å². The smallest absolute Gasteiger partial charge is 0.254 e. The van der Waals surface area contributed by atoms with Gasteiger partial charge in [-0.05, 0) is 37.5 Å². The molecule has 0 aliphatic heterocycles. The molecular formula is C14H20N2O3. The highest BCUT2D eigenvalue weighted by molar-refractivity contribution is 5.95. The van der Waals surface area contributed by atoms with Crippen LogP contribution in [0.1, 0.15) is 29.6 Å². The molecule has 1 aliphatic rings. The van der Waals surface area contributed by atoms with E-state index in [1.165, 1.54) is 0 Å². The average molecular weight is 264 g/mol. The van der Waals surface area contributed by atoms with Gasteiger partial charge in [0.05, 0.1) is 19.4 Å². The third-order valence-electron chi connectivity index (χ3n) is 3.59. The van der Waals surface area contributed by atoms with E-state index in [-0.39, 0.29) is 18.6 Å². The molecule has 0 atom stereocenters. The van der Waals surface area contributed by atoms with E-state index in [2.05, 4.69) is 0 Å².